The van der Waals surface area contributed by atoms with Gasteiger partial charge in [-0.3, -0.25) is 14.7 Å². The van der Waals surface area contributed by atoms with Crippen molar-refractivity contribution in [1.82, 2.24) is 15.1 Å². The molecule has 0 spiro atoms. The topological polar surface area (TPSA) is 107 Å². The van der Waals surface area contributed by atoms with Crippen LogP contribution in [0, 0.1) is 5.41 Å². The second-order valence-corrected chi connectivity index (χ2v) is 5.58. The van der Waals surface area contributed by atoms with Crippen LogP contribution in [0.15, 0.2) is 12.3 Å². The summed E-state index contributed by atoms with van der Waals surface area (Å²) >= 11 is 0. The van der Waals surface area contributed by atoms with Crippen LogP contribution in [0.3, 0.4) is 0 Å². The molecule has 0 saturated carbocycles. The number of hydrogen-bond donors (Lipinski definition) is 3. The summed E-state index contributed by atoms with van der Waals surface area (Å²) < 4.78 is 0. The lowest BCUT2D eigenvalue weighted by molar-refractivity contribution is -0.167. The van der Waals surface area contributed by atoms with E-state index in [1.54, 1.807) is 12.3 Å². The first-order chi connectivity index (χ1) is 9.99. The highest BCUT2D eigenvalue weighted by molar-refractivity contribution is 5.80. The quantitative estimate of drug-likeness (QED) is 0.729. The normalized spacial score (nSPS) is 25.8. The first-order valence-electron chi connectivity index (χ1n) is 7.17. The van der Waals surface area contributed by atoms with Crippen LogP contribution in [-0.4, -0.2) is 56.4 Å². The van der Waals surface area contributed by atoms with E-state index in [0.717, 1.165) is 0 Å². The summed E-state index contributed by atoms with van der Waals surface area (Å²) in [5.74, 6) is -1.11. The van der Waals surface area contributed by atoms with Crippen molar-refractivity contribution in [3.05, 3.63) is 18.0 Å². The fraction of sp³-hybridized carbons (Fsp3) is 0.643. The van der Waals surface area contributed by atoms with Gasteiger partial charge in [-0.1, -0.05) is 13.3 Å². The predicted molar refractivity (Wildman–Crippen MR) is 74.5 cm³/mol. The summed E-state index contributed by atoms with van der Waals surface area (Å²) in [6.07, 6.45) is 2.11. The van der Waals surface area contributed by atoms with Crippen molar-refractivity contribution in [3.63, 3.8) is 0 Å². The van der Waals surface area contributed by atoms with Gasteiger partial charge in [-0.15, -0.1) is 0 Å². The minimum Gasteiger partial charge on any atom is -0.481 e. The fourth-order valence-corrected chi connectivity index (χ4v) is 2.95. The maximum atomic E-state index is 12.2. The molecule has 0 unspecified atom stereocenters. The van der Waals surface area contributed by atoms with Gasteiger partial charge in [0.05, 0.1) is 17.9 Å². The number of carbonyl (C=O) groups excluding carboxylic acids is 1. The van der Waals surface area contributed by atoms with Crippen LogP contribution in [-0.2, 0) is 16.0 Å². The number of aromatic amines is 1. The van der Waals surface area contributed by atoms with E-state index in [0.29, 0.717) is 25.1 Å². The van der Waals surface area contributed by atoms with Crippen LogP contribution in [0.25, 0.3) is 0 Å². The number of β-amino-alcohol motifs (C(OH)–C–C–N with tert-alkyl or cyclic N) is 1. The number of aliphatic carboxylic acids is 1. The third-order valence-electron chi connectivity index (χ3n) is 4.23. The summed E-state index contributed by atoms with van der Waals surface area (Å²) in [6, 6.07) is 1.72. The zero-order valence-corrected chi connectivity index (χ0v) is 12.1. The Balaban J connectivity index is 2.02. The average Bonchev–Trinajstić information content (AvgIpc) is 2.93. The van der Waals surface area contributed by atoms with Crippen molar-refractivity contribution in [2.45, 2.75) is 38.7 Å². The molecule has 1 aromatic rings. The number of carboxylic acid groups (broad SMARTS) is 1. The number of carboxylic acids is 1. The molecule has 2 atom stereocenters. The Labute approximate surface area is 123 Å². The molecule has 1 aliphatic rings. The van der Waals surface area contributed by atoms with Crippen LogP contribution < -0.4 is 0 Å². The van der Waals surface area contributed by atoms with Gasteiger partial charge in [0, 0.05) is 25.0 Å². The summed E-state index contributed by atoms with van der Waals surface area (Å²) in [7, 11) is 0. The zero-order valence-electron chi connectivity index (χ0n) is 12.1. The maximum absolute atomic E-state index is 12.2. The number of aliphatic hydroxyl groups is 1. The number of nitrogens with one attached hydrogen (secondary N) is 1. The molecule has 3 N–H and O–H groups in total. The molecule has 1 fully saturated rings. The summed E-state index contributed by atoms with van der Waals surface area (Å²) in [5, 5.41) is 26.2. The lowest BCUT2D eigenvalue weighted by atomic mass is 9.72. The van der Waals surface area contributed by atoms with E-state index in [1.165, 1.54) is 4.90 Å². The largest absolute Gasteiger partial charge is 0.481 e. The molecule has 1 saturated heterocycles. The first-order valence-corrected chi connectivity index (χ1v) is 7.17. The molecule has 0 aromatic carbocycles. The van der Waals surface area contributed by atoms with Crippen molar-refractivity contribution in [2.75, 3.05) is 13.1 Å². The number of nitrogens with zero attached hydrogens (tertiary/aromatic N) is 2. The van der Waals surface area contributed by atoms with Gasteiger partial charge in [-0.25, -0.2) is 0 Å². The molecule has 1 aromatic heterocycles. The molecule has 0 aliphatic carbocycles. The molecule has 0 radical (unpaired) electrons. The molecule has 7 nitrogen and oxygen atoms in total. The lowest BCUT2D eigenvalue weighted by Gasteiger charge is -2.42. The van der Waals surface area contributed by atoms with Crippen LogP contribution >= 0.6 is 0 Å². The molecule has 2 rings (SSSR count). The predicted octanol–water partition coefficient (Wildman–Crippen LogP) is 0.416. The maximum Gasteiger partial charge on any atom is 0.312 e. The monoisotopic (exact) mass is 295 g/mol. The van der Waals surface area contributed by atoms with Crippen LogP contribution in [0.2, 0.25) is 0 Å². The van der Waals surface area contributed by atoms with Crippen LogP contribution in [0.4, 0.5) is 0 Å². The van der Waals surface area contributed by atoms with Crippen LogP contribution in [0.5, 0.6) is 0 Å². The molecule has 1 aliphatic heterocycles. The van der Waals surface area contributed by atoms with Crippen molar-refractivity contribution in [1.29, 1.82) is 0 Å². The minimum atomic E-state index is -1.13. The highest BCUT2D eigenvalue weighted by Gasteiger charge is 2.48. The number of H-pyrrole nitrogens is 1. The van der Waals surface area contributed by atoms with E-state index in [2.05, 4.69) is 10.2 Å². The van der Waals surface area contributed by atoms with Gasteiger partial charge in [-0.2, -0.15) is 5.10 Å². The summed E-state index contributed by atoms with van der Waals surface area (Å²) in [5.41, 5.74) is -0.419. The van der Waals surface area contributed by atoms with E-state index in [-0.39, 0.29) is 25.3 Å². The van der Waals surface area contributed by atoms with Crippen molar-refractivity contribution < 1.29 is 19.8 Å². The minimum absolute atomic E-state index is 0.0687. The Bertz CT molecular complexity index is 502. The van der Waals surface area contributed by atoms with Gasteiger partial charge >= 0.3 is 5.97 Å². The molecule has 2 heterocycles. The van der Waals surface area contributed by atoms with E-state index >= 15 is 0 Å². The number of aliphatic hydroxyl groups excluding tert-OH is 1. The second-order valence-electron chi connectivity index (χ2n) is 5.58. The SMILES string of the molecule is CCC[C@]1(C(=O)O)CCN(C(=O)Cc2ccn[nH]2)C[C@H]1O. The number of hydrogen-bond acceptors (Lipinski definition) is 4. The number of aromatic nitrogens is 2. The van der Waals surface area contributed by atoms with E-state index in [4.69, 9.17) is 0 Å². The van der Waals surface area contributed by atoms with Gasteiger partial charge in [-0.05, 0) is 18.9 Å². The van der Waals surface area contributed by atoms with E-state index < -0.39 is 17.5 Å². The highest BCUT2D eigenvalue weighted by atomic mass is 16.4. The zero-order chi connectivity index (χ0) is 15.5. The third-order valence-corrected chi connectivity index (χ3v) is 4.23. The van der Waals surface area contributed by atoms with E-state index in [9.17, 15) is 19.8 Å². The fourth-order valence-electron chi connectivity index (χ4n) is 2.95. The van der Waals surface area contributed by atoms with Gasteiger partial charge < -0.3 is 15.1 Å². The molecular formula is C14H21N3O4. The number of rotatable bonds is 5. The van der Waals surface area contributed by atoms with Gasteiger partial charge in [0.15, 0.2) is 0 Å². The molecule has 116 valence electrons. The third kappa shape index (κ3) is 3.07. The number of carbonyl (C=O) groups is 2. The molecule has 7 heteroatoms. The smallest absolute Gasteiger partial charge is 0.312 e. The first kappa shape index (κ1) is 15.5. The van der Waals surface area contributed by atoms with E-state index in [1.807, 2.05) is 6.92 Å². The number of piperidine rings is 1. The van der Waals surface area contributed by atoms with Crippen molar-refractivity contribution in [3.8, 4) is 0 Å². The molecule has 0 bridgehead atoms. The Morgan fingerprint density at radius 2 is 2.33 bits per heavy atom. The number of amides is 1. The Morgan fingerprint density at radius 3 is 2.86 bits per heavy atom. The molecular weight excluding hydrogens is 274 g/mol. The van der Waals surface area contributed by atoms with Gasteiger partial charge in [0.25, 0.3) is 0 Å². The van der Waals surface area contributed by atoms with Crippen LogP contribution in [0.1, 0.15) is 31.9 Å². The summed E-state index contributed by atoms with van der Waals surface area (Å²) in [4.78, 5) is 25.2. The van der Waals surface area contributed by atoms with Crippen molar-refractivity contribution >= 4 is 11.9 Å². The molecule has 1 amide bonds. The standard InChI is InChI=1S/C14H21N3O4/c1-2-4-14(13(20)21)5-7-17(9-11(14)18)12(19)8-10-3-6-15-16-10/h3,6,11,18H,2,4-5,7-9H2,1H3,(H,15,16)(H,20,21)/t11-,14+/m1/s1. The Morgan fingerprint density at radius 1 is 1.57 bits per heavy atom. The lowest BCUT2D eigenvalue weighted by Crippen LogP contribution is -2.56. The van der Waals surface area contributed by atoms with Gasteiger partial charge in [0.2, 0.25) is 5.91 Å². The summed E-state index contributed by atoms with van der Waals surface area (Å²) in [6.45, 7) is 2.32. The molecule has 21 heavy (non-hydrogen) atoms. The second kappa shape index (κ2) is 6.26. The number of likely N-dealkylation sites (tertiary alicyclic amines) is 1. The van der Waals surface area contributed by atoms with Crippen molar-refractivity contribution in [2.24, 2.45) is 5.41 Å². The van der Waals surface area contributed by atoms with Gasteiger partial charge in [0.1, 0.15) is 0 Å². The highest BCUT2D eigenvalue weighted by Crippen LogP contribution is 2.37. The Kier molecular flexibility index (Phi) is 4.62. The Hall–Kier alpha value is -1.89. The average molecular weight is 295 g/mol.